The molecule has 22 heavy (non-hydrogen) atoms. The summed E-state index contributed by atoms with van der Waals surface area (Å²) in [6.45, 7) is 13.6. The van der Waals surface area contributed by atoms with Gasteiger partial charge in [-0.3, -0.25) is 0 Å². The van der Waals surface area contributed by atoms with Crippen LogP contribution in [0, 0.1) is 0 Å². The molecule has 0 aromatic heterocycles. The monoisotopic (exact) mass is 294 g/mol. The summed E-state index contributed by atoms with van der Waals surface area (Å²) in [6, 6.07) is 18.4. The van der Waals surface area contributed by atoms with Crippen LogP contribution in [0.2, 0.25) is 0 Å². The fraction of sp³-hybridized carbons (Fsp3) is 0.455. The molecule has 0 atom stereocenters. The lowest BCUT2D eigenvalue weighted by molar-refractivity contribution is 0.549. The first-order valence-corrected chi connectivity index (χ1v) is 8.59. The Morgan fingerprint density at radius 1 is 0.682 bits per heavy atom. The van der Waals surface area contributed by atoms with Crippen LogP contribution in [0.15, 0.2) is 48.5 Å². The SMILES string of the molecule is CCC(C)(c1ccc(C(C)C)cc1)c1ccc(C(C)C)cc1. The molecule has 2 aromatic carbocycles. The van der Waals surface area contributed by atoms with E-state index in [4.69, 9.17) is 0 Å². The Kier molecular flexibility index (Phi) is 5.11. The molecular formula is C22H30. The topological polar surface area (TPSA) is 0 Å². The van der Waals surface area contributed by atoms with Crippen molar-refractivity contribution in [1.29, 1.82) is 0 Å². The van der Waals surface area contributed by atoms with Crippen molar-refractivity contribution in [3.05, 3.63) is 70.8 Å². The summed E-state index contributed by atoms with van der Waals surface area (Å²) >= 11 is 0. The zero-order valence-electron chi connectivity index (χ0n) is 15.0. The largest absolute Gasteiger partial charge is 0.0642 e. The Morgan fingerprint density at radius 3 is 1.23 bits per heavy atom. The van der Waals surface area contributed by atoms with Gasteiger partial charge in [-0.15, -0.1) is 0 Å². The molecule has 0 amide bonds. The van der Waals surface area contributed by atoms with Gasteiger partial charge >= 0.3 is 0 Å². The van der Waals surface area contributed by atoms with Gasteiger partial charge in [-0.05, 0) is 40.5 Å². The molecule has 2 aromatic rings. The van der Waals surface area contributed by atoms with E-state index in [1.54, 1.807) is 0 Å². The van der Waals surface area contributed by atoms with Crippen molar-refractivity contribution < 1.29 is 0 Å². The van der Waals surface area contributed by atoms with Gasteiger partial charge in [0.2, 0.25) is 0 Å². The highest BCUT2D eigenvalue weighted by atomic mass is 14.3. The van der Waals surface area contributed by atoms with Gasteiger partial charge in [0.25, 0.3) is 0 Å². The van der Waals surface area contributed by atoms with E-state index < -0.39 is 0 Å². The quantitative estimate of drug-likeness (QED) is 0.579. The molecule has 0 heteroatoms. The fourth-order valence-corrected chi connectivity index (χ4v) is 3.05. The van der Waals surface area contributed by atoms with Gasteiger partial charge in [-0.25, -0.2) is 0 Å². The standard InChI is InChI=1S/C22H30/c1-7-22(6,20-12-8-18(9-13-20)16(2)3)21-14-10-19(11-15-21)17(4)5/h8-17H,7H2,1-6H3. The van der Waals surface area contributed by atoms with Gasteiger partial charge in [-0.1, -0.05) is 90.1 Å². The van der Waals surface area contributed by atoms with E-state index in [-0.39, 0.29) is 5.41 Å². The maximum atomic E-state index is 2.36. The maximum Gasteiger partial charge on any atom is 0.0172 e. The zero-order valence-corrected chi connectivity index (χ0v) is 15.0. The summed E-state index contributed by atoms with van der Waals surface area (Å²) in [5, 5.41) is 0. The summed E-state index contributed by atoms with van der Waals surface area (Å²) < 4.78 is 0. The van der Waals surface area contributed by atoms with Crippen LogP contribution in [0.4, 0.5) is 0 Å². The van der Waals surface area contributed by atoms with Crippen molar-refractivity contribution >= 4 is 0 Å². The Labute approximate surface area is 136 Å². The summed E-state index contributed by atoms with van der Waals surface area (Å²) in [7, 11) is 0. The van der Waals surface area contributed by atoms with Crippen molar-refractivity contribution in [2.24, 2.45) is 0 Å². The van der Waals surface area contributed by atoms with E-state index in [1.807, 2.05) is 0 Å². The first-order chi connectivity index (χ1) is 10.4. The number of hydrogen-bond donors (Lipinski definition) is 0. The van der Waals surface area contributed by atoms with E-state index in [0.717, 1.165) is 6.42 Å². The van der Waals surface area contributed by atoms with E-state index in [0.29, 0.717) is 11.8 Å². The second-order valence-electron chi connectivity index (χ2n) is 7.24. The lowest BCUT2D eigenvalue weighted by atomic mass is 9.73. The van der Waals surface area contributed by atoms with Crippen LogP contribution in [0.3, 0.4) is 0 Å². The highest BCUT2D eigenvalue weighted by molar-refractivity contribution is 5.41. The Bertz CT molecular complexity index is 533. The van der Waals surface area contributed by atoms with Crippen molar-refractivity contribution in [1.82, 2.24) is 0 Å². The third-order valence-corrected chi connectivity index (χ3v) is 5.14. The molecule has 0 saturated carbocycles. The van der Waals surface area contributed by atoms with E-state index >= 15 is 0 Å². The Balaban J connectivity index is 2.38. The van der Waals surface area contributed by atoms with Crippen LogP contribution in [-0.2, 0) is 5.41 Å². The summed E-state index contributed by atoms with van der Waals surface area (Å²) in [5.41, 5.74) is 5.74. The number of benzene rings is 2. The first kappa shape index (κ1) is 16.8. The molecule has 2 rings (SSSR count). The van der Waals surface area contributed by atoms with Crippen LogP contribution >= 0.6 is 0 Å². The van der Waals surface area contributed by atoms with Crippen LogP contribution in [0.1, 0.15) is 82.1 Å². The van der Waals surface area contributed by atoms with Crippen LogP contribution in [0.25, 0.3) is 0 Å². The van der Waals surface area contributed by atoms with Crippen molar-refractivity contribution in [2.45, 2.75) is 65.2 Å². The van der Waals surface area contributed by atoms with Crippen molar-refractivity contribution in [3.63, 3.8) is 0 Å². The molecule has 0 N–H and O–H groups in total. The molecule has 0 saturated heterocycles. The second-order valence-corrected chi connectivity index (χ2v) is 7.24. The van der Waals surface area contributed by atoms with Crippen LogP contribution < -0.4 is 0 Å². The zero-order chi connectivity index (χ0) is 16.3. The number of hydrogen-bond acceptors (Lipinski definition) is 0. The van der Waals surface area contributed by atoms with Gasteiger partial charge in [0, 0.05) is 5.41 Å². The van der Waals surface area contributed by atoms with Gasteiger partial charge in [0.05, 0.1) is 0 Å². The lowest BCUT2D eigenvalue weighted by Crippen LogP contribution is -2.22. The predicted molar refractivity (Wildman–Crippen MR) is 97.8 cm³/mol. The molecule has 118 valence electrons. The smallest absolute Gasteiger partial charge is 0.0172 e. The molecule has 0 aliphatic heterocycles. The molecule has 0 radical (unpaired) electrons. The van der Waals surface area contributed by atoms with E-state index in [2.05, 4.69) is 90.1 Å². The average molecular weight is 294 g/mol. The Morgan fingerprint density at radius 2 is 1.00 bits per heavy atom. The Hall–Kier alpha value is -1.56. The molecule has 0 heterocycles. The molecule has 0 fully saturated rings. The normalized spacial score (nSPS) is 12.2. The molecule has 0 aliphatic rings. The molecule has 0 spiro atoms. The van der Waals surface area contributed by atoms with Crippen LogP contribution in [0.5, 0.6) is 0 Å². The van der Waals surface area contributed by atoms with Gasteiger partial charge in [-0.2, -0.15) is 0 Å². The minimum Gasteiger partial charge on any atom is -0.0642 e. The van der Waals surface area contributed by atoms with E-state index in [1.165, 1.54) is 22.3 Å². The van der Waals surface area contributed by atoms with Crippen molar-refractivity contribution in [3.8, 4) is 0 Å². The summed E-state index contributed by atoms with van der Waals surface area (Å²) in [6.07, 6.45) is 1.11. The first-order valence-electron chi connectivity index (χ1n) is 8.59. The molecule has 0 unspecified atom stereocenters. The highest BCUT2D eigenvalue weighted by Crippen LogP contribution is 2.36. The third kappa shape index (κ3) is 3.27. The van der Waals surface area contributed by atoms with Gasteiger partial charge < -0.3 is 0 Å². The van der Waals surface area contributed by atoms with Gasteiger partial charge in [0.1, 0.15) is 0 Å². The fourth-order valence-electron chi connectivity index (χ4n) is 3.05. The third-order valence-electron chi connectivity index (χ3n) is 5.14. The van der Waals surface area contributed by atoms with Crippen molar-refractivity contribution in [2.75, 3.05) is 0 Å². The minimum absolute atomic E-state index is 0.0883. The average Bonchev–Trinajstić information content (AvgIpc) is 2.54. The second kappa shape index (κ2) is 6.69. The molecule has 0 bridgehead atoms. The maximum absolute atomic E-state index is 2.36. The summed E-state index contributed by atoms with van der Waals surface area (Å²) in [5.74, 6) is 1.18. The predicted octanol–water partition coefficient (Wildman–Crippen LogP) is 6.65. The van der Waals surface area contributed by atoms with Crippen LogP contribution in [-0.4, -0.2) is 0 Å². The minimum atomic E-state index is 0.0883. The molecular weight excluding hydrogens is 264 g/mol. The molecule has 0 aliphatic carbocycles. The lowest BCUT2D eigenvalue weighted by Gasteiger charge is -2.30. The van der Waals surface area contributed by atoms with E-state index in [9.17, 15) is 0 Å². The molecule has 0 nitrogen and oxygen atoms in total. The van der Waals surface area contributed by atoms with Gasteiger partial charge in [0.15, 0.2) is 0 Å². The summed E-state index contributed by atoms with van der Waals surface area (Å²) in [4.78, 5) is 0. The highest BCUT2D eigenvalue weighted by Gasteiger charge is 2.26. The number of rotatable bonds is 5.